The van der Waals surface area contributed by atoms with E-state index in [1.165, 1.54) is 11.1 Å². The van der Waals surface area contributed by atoms with Gasteiger partial charge in [-0.05, 0) is 48.7 Å². The van der Waals surface area contributed by atoms with Crippen molar-refractivity contribution in [3.8, 4) is 11.1 Å². The molecule has 0 aliphatic heterocycles. The standard InChI is InChI=1S/C24H24N4O/c1-16-23(17(2)28-27-16)12-18-8-10-22(11-9-18)25-15-21-13-20(14-26-24(21)29)19-6-4-3-5-7-19/h3-11,13-14,25H,12,15H2,1-2H3,(H,26,29)(H,27,28). The second kappa shape index (κ2) is 8.19. The van der Waals surface area contributed by atoms with Crippen molar-refractivity contribution in [2.45, 2.75) is 26.8 Å². The summed E-state index contributed by atoms with van der Waals surface area (Å²) in [6.45, 7) is 4.54. The van der Waals surface area contributed by atoms with Crippen molar-refractivity contribution in [1.29, 1.82) is 0 Å². The zero-order valence-corrected chi connectivity index (χ0v) is 16.6. The van der Waals surface area contributed by atoms with Crippen molar-refractivity contribution in [1.82, 2.24) is 15.2 Å². The van der Waals surface area contributed by atoms with Crippen LogP contribution >= 0.6 is 0 Å². The Bertz CT molecular complexity index is 1140. The highest BCUT2D eigenvalue weighted by Gasteiger charge is 2.08. The highest BCUT2D eigenvalue weighted by Crippen LogP contribution is 2.19. The zero-order valence-electron chi connectivity index (χ0n) is 16.6. The molecule has 0 fully saturated rings. The molecule has 4 rings (SSSR count). The Balaban J connectivity index is 1.45. The van der Waals surface area contributed by atoms with Crippen LogP contribution in [-0.4, -0.2) is 15.2 Å². The first-order valence-corrected chi connectivity index (χ1v) is 9.70. The molecule has 0 amide bonds. The van der Waals surface area contributed by atoms with E-state index >= 15 is 0 Å². The molecule has 0 saturated heterocycles. The molecule has 0 spiro atoms. The quantitative estimate of drug-likeness (QED) is 0.455. The first kappa shape index (κ1) is 18.7. The lowest BCUT2D eigenvalue weighted by Crippen LogP contribution is -2.15. The summed E-state index contributed by atoms with van der Waals surface area (Å²) < 4.78 is 0. The number of aryl methyl sites for hydroxylation is 2. The van der Waals surface area contributed by atoms with E-state index in [0.717, 1.165) is 34.6 Å². The van der Waals surface area contributed by atoms with Gasteiger partial charge in [-0.15, -0.1) is 0 Å². The third kappa shape index (κ3) is 4.29. The fourth-order valence-electron chi connectivity index (χ4n) is 3.44. The number of H-pyrrole nitrogens is 2. The van der Waals surface area contributed by atoms with Gasteiger partial charge in [-0.25, -0.2) is 0 Å². The van der Waals surface area contributed by atoms with Gasteiger partial charge in [0.1, 0.15) is 0 Å². The van der Waals surface area contributed by atoms with Gasteiger partial charge in [0, 0.05) is 41.7 Å². The molecule has 0 atom stereocenters. The molecular weight excluding hydrogens is 360 g/mol. The number of hydrogen-bond donors (Lipinski definition) is 3. The Morgan fingerprint density at radius 1 is 0.966 bits per heavy atom. The first-order valence-electron chi connectivity index (χ1n) is 9.70. The number of hydrogen-bond acceptors (Lipinski definition) is 3. The summed E-state index contributed by atoms with van der Waals surface area (Å²) in [5, 5.41) is 10.6. The van der Waals surface area contributed by atoms with E-state index in [9.17, 15) is 4.79 Å². The van der Waals surface area contributed by atoms with Gasteiger partial charge < -0.3 is 10.3 Å². The van der Waals surface area contributed by atoms with Crippen LogP contribution in [0.3, 0.4) is 0 Å². The van der Waals surface area contributed by atoms with Crippen LogP contribution in [0.2, 0.25) is 0 Å². The Morgan fingerprint density at radius 3 is 2.41 bits per heavy atom. The number of nitrogens with zero attached hydrogens (tertiary/aromatic N) is 1. The molecule has 29 heavy (non-hydrogen) atoms. The van der Waals surface area contributed by atoms with Gasteiger partial charge in [-0.3, -0.25) is 9.89 Å². The summed E-state index contributed by atoms with van der Waals surface area (Å²) in [6, 6.07) is 20.3. The van der Waals surface area contributed by atoms with E-state index < -0.39 is 0 Å². The summed E-state index contributed by atoms with van der Waals surface area (Å²) >= 11 is 0. The smallest absolute Gasteiger partial charge is 0.252 e. The molecule has 0 radical (unpaired) electrons. The number of aromatic nitrogens is 3. The Hall–Kier alpha value is -3.60. The molecule has 2 aromatic carbocycles. The summed E-state index contributed by atoms with van der Waals surface area (Å²) in [5.74, 6) is 0. The van der Waals surface area contributed by atoms with Crippen LogP contribution < -0.4 is 10.9 Å². The molecule has 5 heteroatoms. The number of nitrogens with one attached hydrogen (secondary N) is 3. The van der Waals surface area contributed by atoms with Gasteiger partial charge in [-0.2, -0.15) is 5.10 Å². The maximum atomic E-state index is 12.2. The minimum absolute atomic E-state index is 0.0697. The van der Waals surface area contributed by atoms with Crippen LogP contribution in [0.15, 0.2) is 71.7 Å². The topological polar surface area (TPSA) is 73.6 Å². The number of rotatable bonds is 6. The normalized spacial score (nSPS) is 10.8. The van der Waals surface area contributed by atoms with Gasteiger partial charge in [0.2, 0.25) is 0 Å². The van der Waals surface area contributed by atoms with Crippen LogP contribution in [0.5, 0.6) is 0 Å². The largest absolute Gasteiger partial charge is 0.381 e. The van der Waals surface area contributed by atoms with Crippen LogP contribution in [0.25, 0.3) is 11.1 Å². The van der Waals surface area contributed by atoms with E-state index in [-0.39, 0.29) is 5.56 Å². The van der Waals surface area contributed by atoms with Gasteiger partial charge >= 0.3 is 0 Å². The minimum Gasteiger partial charge on any atom is -0.381 e. The van der Waals surface area contributed by atoms with Crippen molar-refractivity contribution in [2.75, 3.05) is 5.32 Å². The van der Waals surface area contributed by atoms with Crippen LogP contribution in [0.1, 0.15) is 28.1 Å². The summed E-state index contributed by atoms with van der Waals surface area (Å²) in [4.78, 5) is 15.1. The summed E-state index contributed by atoms with van der Waals surface area (Å²) in [5.41, 5.74) is 8.34. The number of benzene rings is 2. The summed E-state index contributed by atoms with van der Waals surface area (Å²) in [6.07, 6.45) is 2.61. The second-order valence-electron chi connectivity index (χ2n) is 7.25. The van der Waals surface area contributed by atoms with Gasteiger partial charge in [-0.1, -0.05) is 42.5 Å². The van der Waals surface area contributed by atoms with E-state index in [2.05, 4.69) is 44.8 Å². The number of anilines is 1. The SMILES string of the molecule is Cc1n[nH]c(C)c1Cc1ccc(NCc2cc(-c3ccccc3)c[nH]c2=O)cc1. The molecular formula is C24H24N4O. The predicted molar refractivity (Wildman–Crippen MR) is 117 cm³/mol. The monoisotopic (exact) mass is 384 g/mol. The molecule has 0 aliphatic carbocycles. The van der Waals surface area contributed by atoms with Crippen molar-refractivity contribution in [2.24, 2.45) is 0 Å². The Kier molecular flexibility index (Phi) is 5.29. The summed E-state index contributed by atoms with van der Waals surface area (Å²) in [7, 11) is 0. The first-order chi connectivity index (χ1) is 14.1. The Labute approximate surface area is 169 Å². The third-order valence-electron chi connectivity index (χ3n) is 5.19. The second-order valence-corrected chi connectivity index (χ2v) is 7.25. The third-order valence-corrected chi connectivity index (χ3v) is 5.19. The molecule has 4 aromatic rings. The average molecular weight is 384 g/mol. The molecule has 5 nitrogen and oxygen atoms in total. The molecule has 0 saturated carbocycles. The highest BCUT2D eigenvalue weighted by molar-refractivity contribution is 5.63. The van der Waals surface area contributed by atoms with E-state index in [1.807, 2.05) is 50.2 Å². The highest BCUT2D eigenvalue weighted by atomic mass is 16.1. The molecule has 2 heterocycles. The van der Waals surface area contributed by atoms with Crippen LogP contribution in [0, 0.1) is 13.8 Å². The van der Waals surface area contributed by atoms with Gasteiger partial charge in [0.25, 0.3) is 5.56 Å². The lowest BCUT2D eigenvalue weighted by atomic mass is 10.0. The lowest BCUT2D eigenvalue weighted by Gasteiger charge is -2.09. The molecule has 0 aliphatic rings. The van der Waals surface area contributed by atoms with Gasteiger partial charge in [0.15, 0.2) is 0 Å². The van der Waals surface area contributed by atoms with Gasteiger partial charge in [0.05, 0.1) is 5.69 Å². The maximum absolute atomic E-state index is 12.2. The predicted octanol–water partition coefficient (Wildman–Crippen LogP) is 4.58. The van der Waals surface area contributed by atoms with Crippen molar-refractivity contribution in [3.05, 3.63) is 105 Å². The molecule has 146 valence electrons. The van der Waals surface area contributed by atoms with E-state index in [1.54, 1.807) is 6.20 Å². The minimum atomic E-state index is -0.0697. The average Bonchev–Trinajstić information content (AvgIpc) is 3.07. The van der Waals surface area contributed by atoms with E-state index in [0.29, 0.717) is 12.1 Å². The van der Waals surface area contributed by atoms with Crippen LogP contribution in [-0.2, 0) is 13.0 Å². The van der Waals surface area contributed by atoms with Crippen molar-refractivity contribution >= 4 is 5.69 Å². The lowest BCUT2D eigenvalue weighted by molar-refractivity contribution is 1.02. The van der Waals surface area contributed by atoms with Crippen molar-refractivity contribution in [3.63, 3.8) is 0 Å². The zero-order chi connectivity index (χ0) is 20.2. The molecule has 3 N–H and O–H groups in total. The molecule has 0 unspecified atom stereocenters. The van der Waals surface area contributed by atoms with Crippen LogP contribution in [0.4, 0.5) is 5.69 Å². The molecule has 2 aromatic heterocycles. The van der Waals surface area contributed by atoms with Crippen molar-refractivity contribution < 1.29 is 0 Å². The van der Waals surface area contributed by atoms with E-state index in [4.69, 9.17) is 0 Å². The Morgan fingerprint density at radius 2 is 1.72 bits per heavy atom. The fraction of sp³-hybridized carbons (Fsp3) is 0.167. The maximum Gasteiger partial charge on any atom is 0.252 e. The number of pyridine rings is 1. The molecule has 0 bridgehead atoms. The number of aromatic amines is 2. The fourth-order valence-corrected chi connectivity index (χ4v) is 3.44.